The van der Waals surface area contributed by atoms with Crippen molar-refractivity contribution in [1.82, 2.24) is 20.5 Å². The fourth-order valence-corrected chi connectivity index (χ4v) is 8.03. The number of fused-ring (bicyclic) bond motifs is 1. The number of carbonyl (C=O) groups is 5. The minimum atomic E-state index is -1.80. The second-order valence-corrected chi connectivity index (χ2v) is 14.8. The molecule has 7 N–H and O–H groups in total. The van der Waals surface area contributed by atoms with Crippen molar-refractivity contribution in [2.24, 2.45) is 5.16 Å². The lowest BCUT2D eigenvalue weighted by Gasteiger charge is -2.51. The first-order chi connectivity index (χ1) is 23.5. The Labute approximate surface area is 298 Å². The Bertz CT molecular complexity index is 1810. The number of rotatable bonds is 13. The van der Waals surface area contributed by atoms with Crippen LogP contribution in [0.1, 0.15) is 42.7 Å². The zero-order valence-electron chi connectivity index (χ0n) is 26.8. The average molecular weight is 752 g/mol. The molecule has 50 heavy (non-hydrogen) atoms. The van der Waals surface area contributed by atoms with Crippen LogP contribution in [0, 0.1) is 0 Å². The van der Waals surface area contributed by atoms with Crippen LogP contribution < -0.4 is 21.5 Å². The normalized spacial score (nSPS) is 20.2. The lowest BCUT2D eigenvalue weighted by molar-refractivity contribution is -0.911. The van der Waals surface area contributed by atoms with Gasteiger partial charge in [-0.05, 0) is 26.0 Å². The number of nitrogen functional groups attached to an aromatic ring is 1. The molecule has 2 atom stereocenters. The predicted molar refractivity (Wildman–Crippen MR) is 179 cm³/mol. The van der Waals surface area contributed by atoms with Gasteiger partial charge in [0.1, 0.15) is 23.7 Å². The first kappa shape index (κ1) is 36.7. The number of thiazole rings is 1. The molecular weight excluding hydrogens is 718 g/mol. The van der Waals surface area contributed by atoms with Crippen LogP contribution >= 0.6 is 34.7 Å². The molecule has 268 valence electrons. The summed E-state index contributed by atoms with van der Waals surface area (Å²) in [5.74, 6) is -5.89. The Hall–Kier alpha value is -4.59. The van der Waals surface area contributed by atoms with Gasteiger partial charge in [0, 0.05) is 29.5 Å². The second kappa shape index (κ2) is 14.3. The van der Waals surface area contributed by atoms with Crippen molar-refractivity contribution < 1.29 is 53.7 Å². The van der Waals surface area contributed by atoms with E-state index in [0.29, 0.717) is 29.7 Å². The molecule has 3 aliphatic heterocycles. The molecular formula is C30H34ClN7O10S2. The number of anilines is 1. The molecule has 0 spiro atoms. The molecule has 3 amide bonds. The number of oxime groups is 1. The number of β-lactam (4-membered cyclic amide) rings is 1. The molecule has 0 radical (unpaired) electrons. The van der Waals surface area contributed by atoms with Gasteiger partial charge in [0.15, 0.2) is 22.3 Å². The standard InChI is InChI=1S/C30H34ClN7O10S2/c1-30(2,28(46)47)48-36-19(16-13-50-29(32)34-16)24(42)35-20-25(43)37-21(27(44)45)14(12-49-26(20)37)11-38(8-3-4-9-38)10-7-33-23(41)15-5-6-17(39)22(40)18(15)31/h5-6,13,20,26H,3-4,7-12H2,1-2H3,(H7-,32,33,34,35,36,39,40,41,42,44,45,46,47)/t20-,26+/m0/s1. The third kappa shape index (κ3) is 7.30. The molecule has 2 fully saturated rings. The summed E-state index contributed by atoms with van der Waals surface area (Å²) in [6.07, 6.45) is 1.74. The van der Waals surface area contributed by atoms with E-state index < -0.39 is 63.9 Å². The monoisotopic (exact) mass is 751 g/mol. The van der Waals surface area contributed by atoms with Crippen molar-refractivity contribution in [2.75, 3.05) is 44.2 Å². The third-order valence-corrected chi connectivity index (χ3v) is 11.0. The zero-order valence-corrected chi connectivity index (χ0v) is 29.2. The maximum Gasteiger partial charge on any atom is 0.350 e. The van der Waals surface area contributed by atoms with Crippen LogP contribution in [0.3, 0.4) is 0 Å². The summed E-state index contributed by atoms with van der Waals surface area (Å²) in [5, 5.41) is 50.9. The minimum absolute atomic E-state index is 0.0103. The SMILES string of the molecule is CC(C)(O/N=C(\C(=O)N[C@H]1C(=O)N2C(C(=O)[O-])=C(C[N+]3(CCNC(=O)c4ccc(O)c(O)c4Cl)CCCC3)CS[C@H]12)c1csc(N)n1)C(=O)O. The molecule has 0 aliphatic carbocycles. The molecule has 5 rings (SSSR count). The number of carboxylic acids is 2. The van der Waals surface area contributed by atoms with Crippen LogP contribution in [0.4, 0.5) is 5.13 Å². The van der Waals surface area contributed by atoms with Gasteiger partial charge in [-0.25, -0.2) is 9.78 Å². The summed E-state index contributed by atoms with van der Waals surface area (Å²) in [6.45, 7) is 4.76. The maximum atomic E-state index is 13.4. The molecule has 1 aromatic carbocycles. The summed E-state index contributed by atoms with van der Waals surface area (Å²) in [6, 6.07) is 1.30. The largest absolute Gasteiger partial charge is 0.543 e. The van der Waals surface area contributed by atoms with E-state index in [0.717, 1.165) is 35.1 Å². The number of phenolic OH excluding ortho intramolecular Hbond substituents is 2. The molecule has 0 unspecified atom stereocenters. The van der Waals surface area contributed by atoms with Crippen molar-refractivity contribution in [3.05, 3.63) is 45.1 Å². The number of benzene rings is 1. The van der Waals surface area contributed by atoms with E-state index in [1.165, 1.54) is 37.1 Å². The summed E-state index contributed by atoms with van der Waals surface area (Å²) in [7, 11) is 0. The number of aromatic nitrogens is 1. The number of phenols is 2. The van der Waals surface area contributed by atoms with E-state index in [1.807, 2.05) is 0 Å². The number of amides is 3. The molecule has 2 aromatic rings. The predicted octanol–water partition coefficient (Wildman–Crippen LogP) is -0.182. The van der Waals surface area contributed by atoms with Gasteiger partial charge in [0.2, 0.25) is 5.60 Å². The highest BCUT2D eigenvalue weighted by Gasteiger charge is 2.54. The molecule has 2 saturated heterocycles. The molecule has 17 nitrogen and oxygen atoms in total. The summed E-state index contributed by atoms with van der Waals surface area (Å²) in [5.41, 5.74) is 3.67. The lowest BCUT2D eigenvalue weighted by Crippen LogP contribution is -2.72. The van der Waals surface area contributed by atoms with Crippen LogP contribution in [0.15, 0.2) is 33.9 Å². The maximum absolute atomic E-state index is 13.4. The number of halogens is 1. The molecule has 20 heteroatoms. The number of thioether (sulfide) groups is 1. The van der Waals surface area contributed by atoms with Gasteiger partial charge in [-0.15, -0.1) is 23.1 Å². The molecule has 4 heterocycles. The number of likely N-dealkylation sites (tertiary alicyclic amines) is 1. The van der Waals surface area contributed by atoms with Gasteiger partial charge in [-0.1, -0.05) is 16.8 Å². The van der Waals surface area contributed by atoms with Crippen molar-refractivity contribution in [3.63, 3.8) is 0 Å². The smallest absolute Gasteiger partial charge is 0.350 e. The number of nitrogens with one attached hydrogen (secondary N) is 2. The van der Waals surface area contributed by atoms with E-state index in [-0.39, 0.29) is 46.0 Å². The number of carboxylic acid groups (broad SMARTS) is 2. The average Bonchev–Trinajstić information content (AvgIpc) is 3.71. The van der Waals surface area contributed by atoms with Crippen LogP contribution in [-0.2, 0) is 24.0 Å². The number of aromatic hydroxyl groups is 2. The van der Waals surface area contributed by atoms with Crippen LogP contribution in [-0.4, -0.2) is 121 Å². The van der Waals surface area contributed by atoms with Gasteiger partial charge in [-0.2, -0.15) is 0 Å². The van der Waals surface area contributed by atoms with Crippen molar-refractivity contribution in [1.29, 1.82) is 0 Å². The molecule has 0 bridgehead atoms. The van der Waals surface area contributed by atoms with E-state index in [1.54, 1.807) is 0 Å². The van der Waals surface area contributed by atoms with Crippen molar-refractivity contribution >= 4 is 75.2 Å². The molecule has 0 saturated carbocycles. The van der Waals surface area contributed by atoms with Gasteiger partial charge >= 0.3 is 5.97 Å². The number of hydrogen-bond donors (Lipinski definition) is 6. The van der Waals surface area contributed by atoms with Crippen LogP contribution in [0.5, 0.6) is 11.5 Å². The number of hydrogen-bond acceptors (Lipinski definition) is 14. The Balaban J connectivity index is 1.29. The van der Waals surface area contributed by atoms with Gasteiger partial charge in [0.05, 0.1) is 48.4 Å². The van der Waals surface area contributed by atoms with Gasteiger partial charge in [-0.3, -0.25) is 19.3 Å². The molecule has 3 aliphatic rings. The van der Waals surface area contributed by atoms with E-state index in [4.69, 9.17) is 22.2 Å². The van der Waals surface area contributed by atoms with Crippen LogP contribution in [0.25, 0.3) is 0 Å². The number of aliphatic carboxylic acids is 2. The Kier molecular flexibility index (Phi) is 10.5. The number of carbonyl (C=O) groups excluding carboxylic acids is 4. The molecule has 1 aromatic heterocycles. The second-order valence-electron chi connectivity index (χ2n) is 12.4. The Morgan fingerprint density at radius 1 is 1.24 bits per heavy atom. The van der Waals surface area contributed by atoms with E-state index >= 15 is 0 Å². The van der Waals surface area contributed by atoms with E-state index in [9.17, 15) is 44.4 Å². The number of quaternary nitrogens is 1. The first-order valence-corrected chi connectivity index (χ1v) is 17.6. The quantitative estimate of drug-likeness (QED) is 0.0511. The van der Waals surface area contributed by atoms with Gasteiger partial charge < -0.3 is 50.9 Å². The summed E-state index contributed by atoms with van der Waals surface area (Å²) >= 11 is 8.29. The van der Waals surface area contributed by atoms with Crippen molar-refractivity contribution in [2.45, 2.75) is 43.7 Å². The zero-order chi connectivity index (χ0) is 36.5. The minimum Gasteiger partial charge on any atom is -0.543 e. The summed E-state index contributed by atoms with van der Waals surface area (Å²) in [4.78, 5) is 73.8. The third-order valence-electron chi connectivity index (χ3n) is 8.64. The number of nitrogens with two attached hydrogens (primary N) is 1. The van der Waals surface area contributed by atoms with Crippen LogP contribution in [0.2, 0.25) is 5.02 Å². The van der Waals surface area contributed by atoms with Crippen molar-refractivity contribution in [3.8, 4) is 11.5 Å². The fourth-order valence-electron chi connectivity index (χ4n) is 5.91. The first-order valence-electron chi connectivity index (χ1n) is 15.3. The van der Waals surface area contributed by atoms with E-state index in [2.05, 4.69) is 20.8 Å². The lowest BCUT2D eigenvalue weighted by atomic mass is 10.0. The Morgan fingerprint density at radius 3 is 2.56 bits per heavy atom. The number of nitrogens with zero attached hydrogens (tertiary/aromatic N) is 4. The highest BCUT2D eigenvalue weighted by Crippen LogP contribution is 2.41. The topological polar surface area (TPSA) is 257 Å². The fraction of sp³-hybridized carbons (Fsp3) is 0.433. The highest BCUT2D eigenvalue weighted by atomic mass is 35.5. The summed E-state index contributed by atoms with van der Waals surface area (Å²) < 4.78 is 0.442. The highest BCUT2D eigenvalue weighted by molar-refractivity contribution is 8.00. The van der Waals surface area contributed by atoms with Gasteiger partial charge in [0.25, 0.3) is 17.7 Å². The Morgan fingerprint density at radius 2 is 1.94 bits per heavy atom.